The molecule has 2 nitrogen and oxygen atoms in total. The summed E-state index contributed by atoms with van der Waals surface area (Å²) in [6, 6.07) is 7.12. The van der Waals surface area contributed by atoms with Crippen molar-refractivity contribution < 1.29 is 9.53 Å². The van der Waals surface area contributed by atoms with E-state index in [-0.39, 0.29) is 5.97 Å². The van der Waals surface area contributed by atoms with Gasteiger partial charge in [-0.15, -0.1) is 0 Å². The van der Waals surface area contributed by atoms with E-state index >= 15 is 0 Å². The van der Waals surface area contributed by atoms with Gasteiger partial charge in [0.1, 0.15) is 5.60 Å². The van der Waals surface area contributed by atoms with Crippen LogP contribution in [0.25, 0.3) is 0 Å². The molecule has 0 aliphatic heterocycles. The Morgan fingerprint density at radius 2 is 1.89 bits per heavy atom. The molecule has 1 rings (SSSR count). The quantitative estimate of drug-likeness (QED) is 0.503. The normalized spacial score (nSPS) is 10.4. The molecule has 0 aliphatic rings. The first-order valence-corrected chi connectivity index (χ1v) is 6.49. The molecule has 0 aromatic heterocycles. The fraction of sp³-hybridized carbons (Fsp3) is 0.400. The Hall–Kier alpha value is -1.40. The van der Waals surface area contributed by atoms with Crippen molar-refractivity contribution in [2.75, 3.05) is 5.75 Å². The van der Waals surface area contributed by atoms with Crippen LogP contribution < -0.4 is 0 Å². The maximum absolute atomic E-state index is 11.8. The second-order valence-corrected chi connectivity index (χ2v) is 5.30. The lowest BCUT2D eigenvalue weighted by molar-refractivity contribution is 0.00696. The van der Waals surface area contributed by atoms with E-state index in [0.29, 0.717) is 5.56 Å². The predicted molar refractivity (Wildman–Crippen MR) is 77.0 cm³/mol. The van der Waals surface area contributed by atoms with Gasteiger partial charge in [0, 0.05) is 17.7 Å². The molecule has 1 aromatic carbocycles. The topological polar surface area (TPSA) is 26.3 Å². The molecular weight excluding hydrogens is 244 g/mol. The number of hydrogen-bond donors (Lipinski definition) is 1. The minimum atomic E-state index is -0.470. The highest BCUT2D eigenvalue weighted by Crippen LogP contribution is 2.12. The summed E-state index contributed by atoms with van der Waals surface area (Å²) in [4.78, 5) is 11.8. The monoisotopic (exact) mass is 262 g/mol. The Morgan fingerprint density at radius 1 is 1.28 bits per heavy atom. The minimum absolute atomic E-state index is 0.308. The summed E-state index contributed by atoms with van der Waals surface area (Å²) in [7, 11) is 0. The summed E-state index contributed by atoms with van der Waals surface area (Å²) < 4.78 is 5.28. The number of ether oxygens (including phenoxy) is 1. The van der Waals surface area contributed by atoms with Crippen molar-refractivity contribution in [3.05, 3.63) is 35.4 Å². The van der Waals surface area contributed by atoms with E-state index in [1.807, 2.05) is 32.9 Å². The van der Waals surface area contributed by atoms with Crippen LogP contribution in [-0.4, -0.2) is 17.3 Å². The van der Waals surface area contributed by atoms with Gasteiger partial charge in [0.05, 0.1) is 5.56 Å². The van der Waals surface area contributed by atoms with Gasteiger partial charge in [0.25, 0.3) is 0 Å². The Balaban J connectivity index is 2.72. The van der Waals surface area contributed by atoms with Crippen molar-refractivity contribution in [2.24, 2.45) is 0 Å². The van der Waals surface area contributed by atoms with Gasteiger partial charge in [0.15, 0.2) is 0 Å². The van der Waals surface area contributed by atoms with Crippen molar-refractivity contribution in [3.8, 4) is 11.8 Å². The van der Waals surface area contributed by atoms with Crippen LogP contribution in [-0.2, 0) is 4.74 Å². The van der Waals surface area contributed by atoms with Gasteiger partial charge in [-0.3, -0.25) is 0 Å². The molecule has 18 heavy (non-hydrogen) atoms. The van der Waals surface area contributed by atoms with E-state index < -0.39 is 5.60 Å². The summed E-state index contributed by atoms with van der Waals surface area (Å²) in [5.74, 6) is 6.45. The largest absolute Gasteiger partial charge is 0.456 e. The fourth-order valence-electron chi connectivity index (χ4n) is 1.25. The van der Waals surface area contributed by atoms with Crippen molar-refractivity contribution in [3.63, 3.8) is 0 Å². The van der Waals surface area contributed by atoms with Crippen LogP contribution in [0.15, 0.2) is 24.3 Å². The number of benzene rings is 1. The van der Waals surface area contributed by atoms with Crippen LogP contribution in [0, 0.1) is 11.8 Å². The maximum Gasteiger partial charge on any atom is 0.338 e. The summed E-state index contributed by atoms with van der Waals surface area (Å²) in [6.07, 6.45) is 0.761. The first kappa shape index (κ1) is 14.7. The third kappa shape index (κ3) is 5.29. The number of thiol groups is 1. The van der Waals surface area contributed by atoms with Crippen LogP contribution >= 0.6 is 12.6 Å². The van der Waals surface area contributed by atoms with Gasteiger partial charge >= 0.3 is 5.97 Å². The van der Waals surface area contributed by atoms with Gasteiger partial charge in [-0.2, -0.15) is 12.6 Å². The zero-order valence-corrected chi connectivity index (χ0v) is 11.9. The summed E-state index contributed by atoms with van der Waals surface area (Å²) in [6.45, 7) is 5.55. The molecule has 0 radical (unpaired) electrons. The van der Waals surface area contributed by atoms with Gasteiger partial charge in [-0.1, -0.05) is 11.8 Å². The molecule has 0 saturated heterocycles. The van der Waals surface area contributed by atoms with Crippen molar-refractivity contribution in [1.82, 2.24) is 0 Å². The van der Waals surface area contributed by atoms with Crippen LogP contribution in [0.5, 0.6) is 0 Å². The molecule has 0 unspecified atom stereocenters. The summed E-state index contributed by atoms with van der Waals surface area (Å²) in [5.41, 5.74) is 0.969. The van der Waals surface area contributed by atoms with Crippen molar-refractivity contribution in [1.29, 1.82) is 0 Å². The number of esters is 1. The standard InChI is InChI=1S/C15H18O2S/c1-15(2,3)17-14(16)13-9-7-12(8-10-13)6-4-5-11-18/h7-10,18H,5,11H2,1-3H3. The molecule has 0 atom stereocenters. The Bertz CT molecular complexity index is 458. The second kappa shape index (κ2) is 6.51. The van der Waals surface area contributed by atoms with E-state index in [2.05, 4.69) is 24.5 Å². The van der Waals surface area contributed by atoms with E-state index in [4.69, 9.17) is 4.74 Å². The third-order valence-corrected chi connectivity index (χ3v) is 2.21. The second-order valence-electron chi connectivity index (χ2n) is 4.85. The van der Waals surface area contributed by atoms with E-state index in [9.17, 15) is 4.79 Å². The van der Waals surface area contributed by atoms with Crippen molar-refractivity contribution in [2.45, 2.75) is 32.8 Å². The van der Waals surface area contributed by atoms with Crippen LogP contribution in [0.1, 0.15) is 43.1 Å². The lowest BCUT2D eigenvalue weighted by Gasteiger charge is -2.19. The Kier molecular flexibility index (Phi) is 5.30. The van der Waals surface area contributed by atoms with E-state index in [1.165, 1.54) is 0 Å². The molecule has 0 heterocycles. The average Bonchev–Trinajstić information content (AvgIpc) is 2.28. The Labute approximate surface area is 114 Å². The van der Waals surface area contributed by atoms with Crippen molar-refractivity contribution >= 4 is 18.6 Å². The zero-order chi connectivity index (χ0) is 13.6. The number of carbonyl (C=O) groups excluding carboxylic acids is 1. The summed E-state index contributed by atoms with van der Waals surface area (Å²) >= 11 is 4.09. The lowest BCUT2D eigenvalue weighted by atomic mass is 10.1. The number of rotatable bonds is 2. The smallest absolute Gasteiger partial charge is 0.338 e. The maximum atomic E-state index is 11.8. The lowest BCUT2D eigenvalue weighted by Crippen LogP contribution is -2.23. The average molecular weight is 262 g/mol. The third-order valence-electron chi connectivity index (χ3n) is 1.99. The minimum Gasteiger partial charge on any atom is -0.456 e. The molecule has 0 N–H and O–H groups in total. The number of carbonyl (C=O) groups is 1. The first-order valence-electron chi connectivity index (χ1n) is 5.85. The van der Waals surface area contributed by atoms with Crippen LogP contribution in [0.4, 0.5) is 0 Å². The van der Waals surface area contributed by atoms with E-state index in [1.54, 1.807) is 12.1 Å². The Morgan fingerprint density at radius 3 is 2.39 bits per heavy atom. The van der Waals surface area contributed by atoms with Gasteiger partial charge in [-0.25, -0.2) is 4.79 Å². The zero-order valence-electron chi connectivity index (χ0n) is 11.0. The molecular formula is C15H18O2S. The SMILES string of the molecule is CC(C)(C)OC(=O)c1ccc(C#CCCS)cc1. The van der Waals surface area contributed by atoms with Crippen LogP contribution in [0.2, 0.25) is 0 Å². The molecule has 0 aliphatic carbocycles. The highest BCUT2D eigenvalue weighted by molar-refractivity contribution is 7.80. The fourth-order valence-corrected chi connectivity index (χ4v) is 1.36. The molecule has 0 spiro atoms. The van der Waals surface area contributed by atoms with Gasteiger partial charge in [0.2, 0.25) is 0 Å². The molecule has 1 aromatic rings. The highest BCUT2D eigenvalue weighted by atomic mass is 32.1. The van der Waals surface area contributed by atoms with Gasteiger partial charge < -0.3 is 4.74 Å². The molecule has 96 valence electrons. The van der Waals surface area contributed by atoms with E-state index in [0.717, 1.165) is 17.7 Å². The van der Waals surface area contributed by atoms with Crippen LogP contribution in [0.3, 0.4) is 0 Å². The molecule has 0 fully saturated rings. The molecule has 0 bridgehead atoms. The highest BCUT2D eigenvalue weighted by Gasteiger charge is 2.17. The molecule has 0 amide bonds. The number of hydrogen-bond acceptors (Lipinski definition) is 3. The predicted octanol–water partition coefficient (Wildman–Crippen LogP) is 3.31. The molecule has 0 saturated carbocycles. The summed E-state index contributed by atoms with van der Waals surface area (Å²) in [5, 5.41) is 0. The first-order chi connectivity index (χ1) is 8.42. The molecule has 3 heteroatoms. The van der Waals surface area contributed by atoms with Gasteiger partial charge in [-0.05, 0) is 45.0 Å².